The highest BCUT2D eigenvalue weighted by Crippen LogP contribution is 2.35. The summed E-state index contributed by atoms with van der Waals surface area (Å²) in [5.41, 5.74) is 0.628. The number of amides is 1. The Balaban J connectivity index is 0.00000196. The molecular weight excluding hydrogens is 352 g/mol. The standard InChI is InChI=1S/C20H28N2O3.ClH/c23-17-10-14-12-21-13-15(14)11-19(17)25-18-7-3-2-6-16(18)20(24)22-8-4-1-5-9-22;/h2-3,6-7,14-15,17,19,21,23H,1,4-5,8-13H2;1H/t14-,15+,17+,19+;/m0./s1. The number of ether oxygens (including phenoxy) is 1. The Morgan fingerprint density at radius 2 is 1.77 bits per heavy atom. The summed E-state index contributed by atoms with van der Waals surface area (Å²) in [7, 11) is 0. The summed E-state index contributed by atoms with van der Waals surface area (Å²) in [6.07, 6.45) is 4.30. The molecule has 1 saturated carbocycles. The van der Waals surface area contributed by atoms with Crippen molar-refractivity contribution < 1.29 is 14.6 Å². The van der Waals surface area contributed by atoms with Crippen molar-refractivity contribution in [3.63, 3.8) is 0 Å². The lowest BCUT2D eigenvalue weighted by Gasteiger charge is -2.36. The molecular formula is C20H29ClN2O3. The molecule has 6 heteroatoms. The molecule has 1 aliphatic carbocycles. The molecule has 2 saturated heterocycles. The molecule has 4 atom stereocenters. The number of halogens is 1. The predicted octanol–water partition coefficient (Wildman–Crippen LogP) is 2.47. The summed E-state index contributed by atoms with van der Waals surface area (Å²) in [6.45, 7) is 3.66. The molecule has 5 nitrogen and oxygen atoms in total. The normalized spacial score (nSPS) is 31.0. The second-order valence-electron chi connectivity index (χ2n) is 7.72. The lowest BCUT2D eigenvalue weighted by Crippen LogP contribution is -2.42. The Morgan fingerprint density at radius 1 is 1.08 bits per heavy atom. The number of aliphatic hydroxyl groups excluding tert-OH is 1. The topological polar surface area (TPSA) is 61.8 Å². The van der Waals surface area contributed by atoms with E-state index in [9.17, 15) is 9.90 Å². The summed E-state index contributed by atoms with van der Waals surface area (Å²) in [4.78, 5) is 14.8. The SMILES string of the molecule is Cl.O=C(c1ccccc1O[C@@H]1C[C@@H]2CNC[C@@H]2C[C@H]1O)N1CCCCC1. The fraction of sp³-hybridized carbons (Fsp3) is 0.650. The largest absolute Gasteiger partial charge is 0.487 e. The number of rotatable bonds is 3. The van der Waals surface area contributed by atoms with Gasteiger partial charge in [0.05, 0.1) is 11.7 Å². The van der Waals surface area contributed by atoms with E-state index in [1.54, 1.807) is 0 Å². The highest BCUT2D eigenvalue weighted by molar-refractivity contribution is 5.97. The number of likely N-dealkylation sites (tertiary alicyclic amines) is 1. The average molecular weight is 381 g/mol. The van der Waals surface area contributed by atoms with Gasteiger partial charge >= 0.3 is 0 Å². The van der Waals surface area contributed by atoms with Gasteiger partial charge < -0.3 is 20.1 Å². The van der Waals surface area contributed by atoms with E-state index in [0.717, 1.165) is 51.9 Å². The van der Waals surface area contributed by atoms with Crippen LogP contribution in [0.1, 0.15) is 42.5 Å². The molecule has 26 heavy (non-hydrogen) atoms. The summed E-state index contributed by atoms with van der Waals surface area (Å²) < 4.78 is 6.19. The second-order valence-corrected chi connectivity index (χ2v) is 7.72. The number of benzene rings is 1. The van der Waals surface area contributed by atoms with Crippen molar-refractivity contribution in [2.75, 3.05) is 26.2 Å². The van der Waals surface area contributed by atoms with Crippen LogP contribution in [0.25, 0.3) is 0 Å². The van der Waals surface area contributed by atoms with Crippen LogP contribution >= 0.6 is 12.4 Å². The van der Waals surface area contributed by atoms with Crippen LogP contribution < -0.4 is 10.1 Å². The van der Waals surface area contributed by atoms with E-state index in [0.29, 0.717) is 23.1 Å². The number of piperidine rings is 1. The smallest absolute Gasteiger partial charge is 0.257 e. The van der Waals surface area contributed by atoms with Crippen LogP contribution in [0, 0.1) is 11.8 Å². The Labute approximate surface area is 161 Å². The van der Waals surface area contributed by atoms with Gasteiger partial charge in [-0.3, -0.25) is 4.79 Å². The second kappa shape index (κ2) is 8.59. The number of para-hydroxylation sites is 1. The fourth-order valence-electron chi connectivity index (χ4n) is 4.56. The quantitative estimate of drug-likeness (QED) is 0.845. The minimum atomic E-state index is -0.459. The van der Waals surface area contributed by atoms with Gasteiger partial charge in [0.2, 0.25) is 0 Å². The molecule has 1 aromatic rings. The predicted molar refractivity (Wildman–Crippen MR) is 103 cm³/mol. The summed E-state index contributed by atoms with van der Waals surface area (Å²) in [6, 6.07) is 7.50. The van der Waals surface area contributed by atoms with Crippen LogP contribution in [-0.4, -0.2) is 54.3 Å². The highest BCUT2D eigenvalue weighted by atomic mass is 35.5. The number of carbonyl (C=O) groups is 1. The average Bonchev–Trinajstić information content (AvgIpc) is 3.10. The first-order valence-electron chi connectivity index (χ1n) is 9.66. The van der Waals surface area contributed by atoms with E-state index >= 15 is 0 Å². The first kappa shape index (κ1) is 19.5. The van der Waals surface area contributed by atoms with Crippen LogP contribution in [0.5, 0.6) is 5.75 Å². The van der Waals surface area contributed by atoms with Gasteiger partial charge in [0.1, 0.15) is 11.9 Å². The van der Waals surface area contributed by atoms with E-state index in [-0.39, 0.29) is 24.4 Å². The monoisotopic (exact) mass is 380 g/mol. The first-order valence-corrected chi connectivity index (χ1v) is 9.66. The third-order valence-corrected chi connectivity index (χ3v) is 6.03. The minimum absolute atomic E-state index is 0. The molecule has 3 fully saturated rings. The van der Waals surface area contributed by atoms with Gasteiger partial charge in [-0.1, -0.05) is 12.1 Å². The molecule has 0 radical (unpaired) electrons. The Morgan fingerprint density at radius 3 is 2.54 bits per heavy atom. The summed E-state index contributed by atoms with van der Waals surface area (Å²) in [5, 5.41) is 13.9. The van der Waals surface area contributed by atoms with E-state index < -0.39 is 6.10 Å². The minimum Gasteiger partial charge on any atom is -0.487 e. The van der Waals surface area contributed by atoms with Crippen molar-refractivity contribution in [1.82, 2.24) is 10.2 Å². The molecule has 2 aliphatic heterocycles. The number of hydrogen-bond acceptors (Lipinski definition) is 4. The number of nitrogens with zero attached hydrogens (tertiary/aromatic N) is 1. The third kappa shape index (κ3) is 4.00. The Bertz CT molecular complexity index is 621. The van der Waals surface area contributed by atoms with Gasteiger partial charge in [0, 0.05) is 13.1 Å². The Hall–Kier alpha value is -1.30. The van der Waals surface area contributed by atoms with Crippen LogP contribution in [0.3, 0.4) is 0 Å². The molecule has 1 amide bonds. The van der Waals surface area contributed by atoms with Crippen molar-refractivity contribution in [2.45, 2.75) is 44.3 Å². The van der Waals surface area contributed by atoms with Crippen LogP contribution in [0.15, 0.2) is 24.3 Å². The van der Waals surface area contributed by atoms with Gasteiger partial charge in [-0.2, -0.15) is 0 Å². The lowest BCUT2D eigenvalue weighted by molar-refractivity contribution is -0.0235. The highest BCUT2D eigenvalue weighted by Gasteiger charge is 2.40. The summed E-state index contributed by atoms with van der Waals surface area (Å²) >= 11 is 0. The maximum absolute atomic E-state index is 12.9. The first-order chi connectivity index (χ1) is 12.2. The van der Waals surface area contributed by atoms with Crippen molar-refractivity contribution in [2.24, 2.45) is 11.8 Å². The van der Waals surface area contributed by atoms with E-state index in [2.05, 4.69) is 5.32 Å². The third-order valence-electron chi connectivity index (χ3n) is 6.03. The van der Waals surface area contributed by atoms with Gasteiger partial charge in [-0.25, -0.2) is 0 Å². The molecule has 0 spiro atoms. The molecule has 144 valence electrons. The zero-order valence-electron chi connectivity index (χ0n) is 15.1. The Kier molecular flexibility index (Phi) is 6.43. The van der Waals surface area contributed by atoms with Crippen molar-refractivity contribution >= 4 is 18.3 Å². The maximum Gasteiger partial charge on any atom is 0.257 e. The molecule has 0 aromatic heterocycles. The molecule has 1 aromatic carbocycles. The molecule has 2 N–H and O–H groups in total. The van der Waals surface area contributed by atoms with Crippen molar-refractivity contribution in [3.8, 4) is 5.75 Å². The number of carbonyl (C=O) groups excluding carboxylic acids is 1. The summed E-state index contributed by atoms with van der Waals surface area (Å²) in [5.74, 6) is 1.80. The molecule has 2 heterocycles. The van der Waals surface area contributed by atoms with Gasteiger partial charge in [0.15, 0.2) is 0 Å². The lowest BCUT2D eigenvalue weighted by atomic mass is 9.78. The zero-order chi connectivity index (χ0) is 17.2. The number of aliphatic hydroxyl groups is 1. The van der Waals surface area contributed by atoms with Crippen molar-refractivity contribution in [1.29, 1.82) is 0 Å². The molecule has 0 unspecified atom stereocenters. The van der Waals surface area contributed by atoms with Crippen molar-refractivity contribution in [3.05, 3.63) is 29.8 Å². The fourth-order valence-corrected chi connectivity index (χ4v) is 4.56. The van der Waals surface area contributed by atoms with Crippen LogP contribution in [-0.2, 0) is 0 Å². The van der Waals surface area contributed by atoms with Gasteiger partial charge in [-0.05, 0) is 69.2 Å². The van der Waals surface area contributed by atoms with E-state index in [4.69, 9.17) is 4.74 Å². The van der Waals surface area contributed by atoms with Crippen LogP contribution in [0.4, 0.5) is 0 Å². The van der Waals surface area contributed by atoms with Gasteiger partial charge in [-0.15, -0.1) is 12.4 Å². The number of hydrogen-bond donors (Lipinski definition) is 2. The molecule has 4 rings (SSSR count). The number of fused-ring (bicyclic) bond motifs is 1. The van der Waals surface area contributed by atoms with E-state index in [1.807, 2.05) is 29.2 Å². The molecule has 3 aliphatic rings. The van der Waals surface area contributed by atoms with E-state index in [1.165, 1.54) is 6.42 Å². The number of nitrogens with one attached hydrogen (secondary N) is 1. The maximum atomic E-state index is 12.9. The molecule has 0 bridgehead atoms. The van der Waals surface area contributed by atoms with Gasteiger partial charge in [0.25, 0.3) is 5.91 Å². The zero-order valence-corrected chi connectivity index (χ0v) is 15.9. The van der Waals surface area contributed by atoms with Crippen LogP contribution in [0.2, 0.25) is 0 Å².